The molecule has 1 aliphatic rings. The Bertz CT molecular complexity index is 548. The van der Waals surface area contributed by atoms with Crippen LogP contribution >= 0.6 is 0 Å². The number of methoxy groups -OCH3 is 3. The van der Waals surface area contributed by atoms with Gasteiger partial charge < -0.3 is 32.2 Å². The van der Waals surface area contributed by atoms with Crippen molar-refractivity contribution < 1.29 is 41.8 Å². The SMILES string of the molecule is COC(CCCCCCCCCC(CCC1CC(=O)OC1=O)[Si](OC)(OC)OC)(OC)OC. The van der Waals surface area contributed by atoms with Gasteiger partial charge in [-0.2, -0.15) is 0 Å². The normalized spacial score (nSPS) is 18.1. The summed E-state index contributed by atoms with van der Waals surface area (Å²) in [6, 6.07) is 0. The number of hydrogen-bond acceptors (Lipinski definition) is 9. The van der Waals surface area contributed by atoms with Crippen molar-refractivity contribution in [3.05, 3.63) is 0 Å². The predicted molar refractivity (Wildman–Crippen MR) is 124 cm³/mol. The van der Waals surface area contributed by atoms with Crippen LogP contribution in [0.1, 0.15) is 77.0 Å². The Balaban J connectivity index is 2.37. The Morgan fingerprint density at radius 1 is 0.818 bits per heavy atom. The summed E-state index contributed by atoms with van der Waals surface area (Å²) < 4.78 is 37.8. The van der Waals surface area contributed by atoms with E-state index in [9.17, 15) is 9.59 Å². The zero-order valence-corrected chi connectivity index (χ0v) is 22.3. The number of carbonyl (C=O) groups is 2. The van der Waals surface area contributed by atoms with Gasteiger partial charge in [-0.3, -0.25) is 9.59 Å². The van der Waals surface area contributed by atoms with E-state index in [0.717, 1.165) is 44.9 Å². The minimum Gasteiger partial charge on any atom is -0.393 e. The first kappa shape index (κ1) is 30.1. The topological polar surface area (TPSA) is 98.8 Å². The number of cyclic esters (lactones) is 2. The van der Waals surface area contributed by atoms with E-state index < -0.39 is 26.7 Å². The van der Waals surface area contributed by atoms with Gasteiger partial charge in [-0.15, -0.1) is 0 Å². The second-order valence-electron chi connectivity index (χ2n) is 8.49. The highest BCUT2D eigenvalue weighted by Crippen LogP contribution is 2.36. The molecule has 0 aromatic heterocycles. The second-order valence-corrected chi connectivity index (χ2v) is 11.7. The maximum Gasteiger partial charge on any atom is 0.503 e. The number of rotatable bonds is 20. The molecular formula is C23H44O9Si. The lowest BCUT2D eigenvalue weighted by atomic mass is 9.98. The molecule has 10 heteroatoms. The Kier molecular flexibility index (Phi) is 14.5. The molecule has 0 N–H and O–H groups in total. The van der Waals surface area contributed by atoms with Gasteiger partial charge in [0.2, 0.25) is 0 Å². The summed E-state index contributed by atoms with van der Waals surface area (Å²) in [5, 5.41) is 0. The average Bonchev–Trinajstić information content (AvgIpc) is 3.16. The maximum absolute atomic E-state index is 11.8. The quantitative estimate of drug-likeness (QED) is 0.0813. The average molecular weight is 493 g/mol. The summed E-state index contributed by atoms with van der Waals surface area (Å²) in [6.45, 7) is 0. The van der Waals surface area contributed by atoms with Crippen molar-refractivity contribution in [2.24, 2.45) is 5.92 Å². The van der Waals surface area contributed by atoms with Gasteiger partial charge in [0.05, 0.1) is 12.3 Å². The third-order valence-corrected chi connectivity index (χ3v) is 9.93. The number of unbranched alkanes of at least 4 members (excludes halogenated alkanes) is 6. The van der Waals surface area contributed by atoms with Gasteiger partial charge in [0.1, 0.15) is 0 Å². The molecule has 0 aliphatic carbocycles. The number of carbonyl (C=O) groups excluding carboxylic acids is 2. The Labute approximate surface area is 200 Å². The molecule has 0 bridgehead atoms. The second kappa shape index (κ2) is 15.9. The minimum atomic E-state index is -2.85. The number of esters is 2. The molecule has 0 saturated carbocycles. The minimum absolute atomic E-state index is 0.0752. The Morgan fingerprint density at radius 3 is 1.79 bits per heavy atom. The Hall–Kier alpha value is -0.883. The molecule has 2 atom stereocenters. The molecule has 1 saturated heterocycles. The van der Waals surface area contributed by atoms with E-state index in [0.29, 0.717) is 19.3 Å². The van der Waals surface area contributed by atoms with Gasteiger partial charge in [0.15, 0.2) is 0 Å². The molecule has 0 radical (unpaired) electrons. The van der Waals surface area contributed by atoms with E-state index in [1.807, 2.05) is 0 Å². The van der Waals surface area contributed by atoms with Crippen LogP contribution in [0.2, 0.25) is 5.54 Å². The third kappa shape index (κ3) is 9.35. The van der Waals surface area contributed by atoms with Crippen molar-refractivity contribution in [1.29, 1.82) is 0 Å². The third-order valence-electron chi connectivity index (χ3n) is 6.65. The van der Waals surface area contributed by atoms with Crippen molar-refractivity contribution in [1.82, 2.24) is 0 Å². The van der Waals surface area contributed by atoms with Crippen LogP contribution in [0.5, 0.6) is 0 Å². The van der Waals surface area contributed by atoms with Crippen LogP contribution in [0.25, 0.3) is 0 Å². The van der Waals surface area contributed by atoms with E-state index in [1.54, 1.807) is 42.7 Å². The molecule has 0 aromatic rings. The van der Waals surface area contributed by atoms with Crippen molar-refractivity contribution in [2.75, 3.05) is 42.7 Å². The number of ether oxygens (including phenoxy) is 4. The van der Waals surface area contributed by atoms with E-state index in [1.165, 1.54) is 6.42 Å². The highest BCUT2D eigenvalue weighted by atomic mass is 28.4. The predicted octanol–water partition coefficient (Wildman–Crippen LogP) is 4.21. The van der Waals surface area contributed by atoms with Gasteiger partial charge in [-0.05, 0) is 25.7 Å². The molecule has 1 aliphatic heterocycles. The molecule has 1 fully saturated rings. The van der Waals surface area contributed by atoms with Gasteiger partial charge in [-0.1, -0.05) is 38.5 Å². The first-order valence-electron chi connectivity index (χ1n) is 11.9. The first-order chi connectivity index (χ1) is 15.9. The van der Waals surface area contributed by atoms with Gasteiger partial charge in [0.25, 0.3) is 5.97 Å². The fraction of sp³-hybridized carbons (Fsp3) is 0.913. The zero-order chi connectivity index (χ0) is 24.7. The molecular weight excluding hydrogens is 448 g/mol. The van der Waals surface area contributed by atoms with Crippen LogP contribution in [-0.2, 0) is 41.8 Å². The van der Waals surface area contributed by atoms with Crippen LogP contribution in [0.4, 0.5) is 0 Å². The summed E-state index contributed by atoms with van der Waals surface area (Å²) in [7, 11) is 6.77. The lowest BCUT2D eigenvalue weighted by molar-refractivity contribution is -0.355. The van der Waals surface area contributed by atoms with Crippen LogP contribution in [0.3, 0.4) is 0 Å². The fourth-order valence-corrected chi connectivity index (χ4v) is 7.14. The fourth-order valence-electron chi connectivity index (χ4n) is 4.56. The summed E-state index contributed by atoms with van der Waals surface area (Å²) in [5.74, 6) is -2.16. The zero-order valence-electron chi connectivity index (χ0n) is 21.3. The monoisotopic (exact) mass is 492 g/mol. The summed E-state index contributed by atoms with van der Waals surface area (Å²) in [6.07, 6.45) is 10.7. The van der Waals surface area contributed by atoms with Crippen molar-refractivity contribution in [3.8, 4) is 0 Å². The molecule has 1 rings (SSSR count). The van der Waals surface area contributed by atoms with Gasteiger partial charge in [-0.25, -0.2) is 0 Å². The lowest BCUT2D eigenvalue weighted by Crippen LogP contribution is -2.47. The Morgan fingerprint density at radius 2 is 1.33 bits per heavy atom. The maximum atomic E-state index is 11.8. The number of hydrogen-bond donors (Lipinski definition) is 0. The van der Waals surface area contributed by atoms with Crippen LogP contribution < -0.4 is 0 Å². The standard InChI is InChI=1S/C23H44O9Si/c1-26-23(27-2,28-3)17-13-11-9-7-8-10-12-14-20(33(29-4,30-5)31-6)16-15-19-18-21(24)32-22(19)25/h19-20H,7-18H2,1-6H3. The molecule has 0 aromatic carbocycles. The van der Waals surface area contributed by atoms with E-state index in [-0.39, 0.29) is 17.9 Å². The van der Waals surface area contributed by atoms with E-state index >= 15 is 0 Å². The van der Waals surface area contributed by atoms with Crippen LogP contribution in [-0.4, -0.2) is 69.4 Å². The van der Waals surface area contributed by atoms with E-state index in [2.05, 4.69) is 4.74 Å². The van der Waals surface area contributed by atoms with Crippen LogP contribution in [0.15, 0.2) is 0 Å². The van der Waals surface area contributed by atoms with Crippen LogP contribution in [0, 0.1) is 5.92 Å². The van der Waals surface area contributed by atoms with Crippen molar-refractivity contribution in [3.63, 3.8) is 0 Å². The highest BCUT2D eigenvalue weighted by Gasteiger charge is 2.47. The van der Waals surface area contributed by atoms with E-state index in [4.69, 9.17) is 27.5 Å². The molecule has 9 nitrogen and oxygen atoms in total. The van der Waals surface area contributed by atoms with Crippen molar-refractivity contribution in [2.45, 2.75) is 88.6 Å². The molecule has 0 amide bonds. The molecule has 0 spiro atoms. The summed E-state index contributed by atoms with van der Waals surface area (Å²) in [5.41, 5.74) is 0.0752. The largest absolute Gasteiger partial charge is 0.503 e. The van der Waals surface area contributed by atoms with Gasteiger partial charge in [0, 0.05) is 54.6 Å². The lowest BCUT2D eigenvalue weighted by Gasteiger charge is -2.33. The first-order valence-corrected chi connectivity index (χ1v) is 13.7. The summed E-state index contributed by atoms with van der Waals surface area (Å²) in [4.78, 5) is 23.2. The molecule has 194 valence electrons. The molecule has 33 heavy (non-hydrogen) atoms. The van der Waals surface area contributed by atoms with Gasteiger partial charge >= 0.3 is 20.7 Å². The summed E-state index contributed by atoms with van der Waals surface area (Å²) >= 11 is 0. The highest BCUT2D eigenvalue weighted by molar-refractivity contribution is 6.62. The van der Waals surface area contributed by atoms with Crippen molar-refractivity contribution >= 4 is 20.7 Å². The molecule has 2 unspecified atom stereocenters. The molecule has 1 heterocycles. The smallest absolute Gasteiger partial charge is 0.393 e.